The van der Waals surface area contributed by atoms with Gasteiger partial charge in [0.25, 0.3) is 0 Å². The first-order valence-corrected chi connectivity index (χ1v) is 10.6. The van der Waals surface area contributed by atoms with Gasteiger partial charge in [0.15, 0.2) is 5.82 Å². The third-order valence-electron chi connectivity index (χ3n) is 5.16. The summed E-state index contributed by atoms with van der Waals surface area (Å²) in [5.41, 5.74) is 2.36. The first-order valence-electron chi connectivity index (χ1n) is 10.6. The van der Waals surface area contributed by atoms with Gasteiger partial charge in [0.1, 0.15) is 17.0 Å². The van der Waals surface area contributed by atoms with E-state index < -0.39 is 6.10 Å². The molecule has 0 unspecified atom stereocenters. The molecule has 0 aliphatic rings. The van der Waals surface area contributed by atoms with Crippen molar-refractivity contribution in [2.24, 2.45) is 0 Å². The van der Waals surface area contributed by atoms with Crippen molar-refractivity contribution < 1.29 is 14.6 Å². The lowest BCUT2D eigenvalue weighted by atomic mass is 10.1. The Balaban J connectivity index is 1.86. The van der Waals surface area contributed by atoms with Crippen LogP contribution in [0.3, 0.4) is 0 Å². The summed E-state index contributed by atoms with van der Waals surface area (Å²) in [6.07, 6.45) is 4.12. The van der Waals surface area contributed by atoms with E-state index in [4.69, 9.17) is 9.47 Å². The molecule has 0 saturated carbocycles. The van der Waals surface area contributed by atoms with Crippen LogP contribution >= 0.6 is 0 Å². The second kappa shape index (κ2) is 10.8. The average molecular weight is 426 g/mol. The minimum atomic E-state index is -0.514. The fourth-order valence-electron chi connectivity index (χ4n) is 3.35. The van der Waals surface area contributed by atoms with Crippen molar-refractivity contribution in [3.05, 3.63) is 42.1 Å². The summed E-state index contributed by atoms with van der Waals surface area (Å²) in [6, 6.07) is 9.31. The number of unbranched alkanes of at least 4 members (excludes halogenated alkanes) is 1. The quantitative estimate of drug-likeness (QED) is 0.424. The topological polar surface area (TPSA) is 101 Å². The molecule has 0 spiro atoms. The number of nitrogens with zero attached hydrogens (tertiary/aromatic N) is 3. The molecule has 2 heterocycles. The minimum absolute atomic E-state index is 0.116. The maximum Gasteiger partial charge on any atom is 0.225 e. The molecule has 1 aromatic carbocycles. The Morgan fingerprint density at radius 3 is 2.68 bits per heavy atom. The number of benzene rings is 1. The van der Waals surface area contributed by atoms with E-state index in [1.54, 1.807) is 27.3 Å². The van der Waals surface area contributed by atoms with Crippen molar-refractivity contribution in [3.8, 4) is 11.5 Å². The molecule has 0 radical (unpaired) electrons. The highest BCUT2D eigenvalue weighted by Gasteiger charge is 2.18. The predicted octanol–water partition coefficient (Wildman–Crippen LogP) is 4.01. The number of fused-ring (bicyclic) bond motifs is 1. The maximum atomic E-state index is 10.2. The van der Waals surface area contributed by atoms with Crippen molar-refractivity contribution in [3.63, 3.8) is 0 Å². The second-order valence-electron chi connectivity index (χ2n) is 7.43. The molecule has 166 valence electrons. The molecule has 3 N–H and O–H groups in total. The third kappa shape index (κ3) is 5.73. The minimum Gasteiger partial charge on any atom is -0.497 e. The number of ether oxygens (including phenoxy) is 2. The number of aliphatic hydroxyl groups is 1. The molecule has 2 atom stereocenters. The largest absolute Gasteiger partial charge is 0.497 e. The number of pyridine rings is 1. The normalized spacial score (nSPS) is 12.9. The van der Waals surface area contributed by atoms with Gasteiger partial charge in [-0.2, -0.15) is 4.98 Å². The van der Waals surface area contributed by atoms with Crippen LogP contribution in [0.25, 0.3) is 11.0 Å². The molecular weight excluding hydrogens is 394 g/mol. The number of aromatic nitrogens is 3. The summed E-state index contributed by atoms with van der Waals surface area (Å²) >= 11 is 0. The molecule has 0 fully saturated rings. The van der Waals surface area contributed by atoms with E-state index >= 15 is 0 Å². The van der Waals surface area contributed by atoms with Gasteiger partial charge in [-0.15, -0.1) is 0 Å². The van der Waals surface area contributed by atoms with E-state index in [9.17, 15) is 5.11 Å². The average Bonchev–Trinajstić information content (AvgIpc) is 2.79. The molecule has 3 rings (SSSR count). The van der Waals surface area contributed by atoms with Crippen LogP contribution in [0.1, 0.15) is 38.7 Å². The SMILES string of the molecule is CCCC[C@@H](Nc1nc(NCc2ccc(OC)cc2OC)nc2cccnc12)[C@H](C)O. The van der Waals surface area contributed by atoms with Crippen molar-refractivity contribution in [1.82, 2.24) is 15.0 Å². The fraction of sp³-hybridized carbons (Fsp3) is 0.435. The van der Waals surface area contributed by atoms with Crippen LogP contribution in [0.4, 0.5) is 11.8 Å². The first kappa shape index (κ1) is 22.6. The molecule has 3 aromatic rings. The van der Waals surface area contributed by atoms with Crippen LogP contribution in [-0.4, -0.2) is 46.4 Å². The van der Waals surface area contributed by atoms with Gasteiger partial charge in [-0.05, 0) is 37.6 Å². The Labute approximate surface area is 183 Å². The van der Waals surface area contributed by atoms with E-state index in [2.05, 4.69) is 32.5 Å². The number of nitrogens with one attached hydrogen (secondary N) is 2. The predicted molar refractivity (Wildman–Crippen MR) is 123 cm³/mol. The summed E-state index contributed by atoms with van der Waals surface area (Å²) in [7, 11) is 3.25. The van der Waals surface area contributed by atoms with Gasteiger partial charge in [0.05, 0.1) is 31.9 Å². The lowest BCUT2D eigenvalue weighted by molar-refractivity contribution is 0.166. The summed E-state index contributed by atoms with van der Waals surface area (Å²) in [5.74, 6) is 2.54. The summed E-state index contributed by atoms with van der Waals surface area (Å²) < 4.78 is 10.7. The highest BCUT2D eigenvalue weighted by atomic mass is 16.5. The van der Waals surface area contributed by atoms with E-state index in [0.29, 0.717) is 23.8 Å². The number of hydrogen-bond acceptors (Lipinski definition) is 8. The van der Waals surface area contributed by atoms with Gasteiger partial charge in [-0.25, -0.2) is 4.98 Å². The highest BCUT2D eigenvalue weighted by Crippen LogP contribution is 2.26. The second-order valence-corrected chi connectivity index (χ2v) is 7.43. The Morgan fingerprint density at radius 2 is 1.97 bits per heavy atom. The van der Waals surface area contributed by atoms with Gasteiger partial charge in [0.2, 0.25) is 5.95 Å². The molecular formula is C23H31N5O3. The van der Waals surface area contributed by atoms with Crippen molar-refractivity contribution >= 4 is 22.8 Å². The summed E-state index contributed by atoms with van der Waals surface area (Å²) in [5, 5.41) is 16.9. The smallest absolute Gasteiger partial charge is 0.225 e. The number of anilines is 2. The van der Waals surface area contributed by atoms with Crippen molar-refractivity contribution in [1.29, 1.82) is 0 Å². The van der Waals surface area contributed by atoms with Gasteiger partial charge < -0.3 is 25.2 Å². The van der Waals surface area contributed by atoms with E-state index in [0.717, 1.165) is 41.8 Å². The molecule has 0 bridgehead atoms. The van der Waals surface area contributed by atoms with Gasteiger partial charge in [-0.1, -0.05) is 19.8 Å². The van der Waals surface area contributed by atoms with Crippen molar-refractivity contribution in [2.45, 2.75) is 51.8 Å². The van der Waals surface area contributed by atoms with Crippen molar-refractivity contribution in [2.75, 3.05) is 24.9 Å². The van der Waals surface area contributed by atoms with Crippen LogP contribution in [0.2, 0.25) is 0 Å². The van der Waals surface area contributed by atoms with Crippen LogP contribution < -0.4 is 20.1 Å². The maximum absolute atomic E-state index is 10.2. The van der Waals surface area contributed by atoms with Crippen LogP contribution in [0, 0.1) is 0 Å². The first-order chi connectivity index (χ1) is 15.0. The van der Waals surface area contributed by atoms with Crippen LogP contribution in [-0.2, 0) is 6.54 Å². The highest BCUT2D eigenvalue weighted by molar-refractivity contribution is 5.86. The van der Waals surface area contributed by atoms with E-state index in [1.807, 2.05) is 30.3 Å². The summed E-state index contributed by atoms with van der Waals surface area (Å²) in [6.45, 7) is 4.41. The zero-order valence-electron chi connectivity index (χ0n) is 18.6. The lowest BCUT2D eigenvalue weighted by Gasteiger charge is -2.22. The molecule has 0 amide bonds. The van der Waals surface area contributed by atoms with E-state index in [1.165, 1.54) is 0 Å². The summed E-state index contributed by atoms with van der Waals surface area (Å²) in [4.78, 5) is 13.7. The van der Waals surface area contributed by atoms with Gasteiger partial charge in [-0.3, -0.25) is 4.98 Å². The molecule has 8 nitrogen and oxygen atoms in total. The fourth-order valence-corrected chi connectivity index (χ4v) is 3.35. The Morgan fingerprint density at radius 1 is 1.13 bits per heavy atom. The number of aliphatic hydroxyl groups excluding tert-OH is 1. The van der Waals surface area contributed by atoms with Gasteiger partial charge >= 0.3 is 0 Å². The molecule has 0 saturated heterocycles. The molecule has 0 aliphatic heterocycles. The standard InChI is InChI=1S/C23H31N5O3/c1-5-6-8-18(15(2)29)26-22-21-19(9-7-12-24-21)27-23(28-22)25-14-16-10-11-17(30-3)13-20(16)31-4/h7,9-13,15,18,29H,5-6,8,14H2,1-4H3,(H2,25,26,27,28)/t15-,18+/m0/s1. The molecule has 31 heavy (non-hydrogen) atoms. The van der Waals surface area contributed by atoms with Gasteiger partial charge in [0, 0.05) is 24.4 Å². The number of methoxy groups -OCH3 is 2. The molecule has 0 aliphatic carbocycles. The zero-order valence-corrected chi connectivity index (χ0v) is 18.6. The third-order valence-corrected chi connectivity index (χ3v) is 5.16. The lowest BCUT2D eigenvalue weighted by Crippen LogP contribution is -2.32. The Kier molecular flexibility index (Phi) is 7.83. The van der Waals surface area contributed by atoms with Crippen LogP contribution in [0.5, 0.6) is 11.5 Å². The Bertz CT molecular complexity index is 996. The monoisotopic (exact) mass is 425 g/mol. The van der Waals surface area contributed by atoms with E-state index in [-0.39, 0.29) is 6.04 Å². The zero-order chi connectivity index (χ0) is 22.2. The number of hydrogen-bond donors (Lipinski definition) is 3. The number of rotatable bonds is 11. The Hall–Kier alpha value is -3.13. The molecule has 8 heteroatoms. The molecule has 2 aromatic heterocycles. The van der Waals surface area contributed by atoms with Crippen LogP contribution in [0.15, 0.2) is 36.5 Å².